The zero-order valence-corrected chi connectivity index (χ0v) is 10.6. The van der Waals surface area contributed by atoms with Crippen molar-refractivity contribution in [2.75, 3.05) is 13.2 Å². The van der Waals surface area contributed by atoms with Crippen molar-refractivity contribution in [3.8, 4) is 0 Å². The van der Waals surface area contributed by atoms with E-state index >= 15 is 0 Å². The SMILES string of the molecule is CCOC(=O)NN(C(=O)OCC)C1C=CCC=C1. The monoisotopic (exact) mass is 254 g/mol. The highest BCUT2D eigenvalue weighted by Crippen LogP contribution is 2.09. The van der Waals surface area contributed by atoms with E-state index in [-0.39, 0.29) is 19.3 Å². The molecule has 0 spiro atoms. The average molecular weight is 254 g/mol. The third-order valence-electron chi connectivity index (χ3n) is 2.19. The van der Waals surface area contributed by atoms with Gasteiger partial charge in [0.2, 0.25) is 0 Å². The maximum absolute atomic E-state index is 11.7. The molecule has 0 bridgehead atoms. The van der Waals surface area contributed by atoms with Crippen LogP contribution in [-0.4, -0.2) is 36.5 Å². The van der Waals surface area contributed by atoms with Gasteiger partial charge in [-0.1, -0.05) is 24.3 Å². The Morgan fingerprint density at radius 3 is 2.39 bits per heavy atom. The van der Waals surface area contributed by atoms with E-state index < -0.39 is 12.2 Å². The molecule has 1 N–H and O–H groups in total. The second kappa shape index (κ2) is 7.37. The number of rotatable bonds is 3. The molecule has 0 unspecified atom stereocenters. The van der Waals surface area contributed by atoms with Crippen LogP contribution in [0.4, 0.5) is 9.59 Å². The molecule has 0 atom stereocenters. The Morgan fingerprint density at radius 2 is 1.83 bits per heavy atom. The molecule has 0 aromatic carbocycles. The first-order chi connectivity index (χ1) is 8.69. The molecular weight excluding hydrogens is 236 g/mol. The first-order valence-corrected chi connectivity index (χ1v) is 5.91. The van der Waals surface area contributed by atoms with Crippen LogP contribution < -0.4 is 5.43 Å². The van der Waals surface area contributed by atoms with Crippen LogP contribution >= 0.6 is 0 Å². The molecule has 1 rings (SSSR count). The highest BCUT2D eigenvalue weighted by atomic mass is 16.6. The Labute approximate surface area is 106 Å². The quantitative estimate of drug-likeness (QED) is 0.617. The summed E-state index contributed by atoms with van der Waals surface area (Å²) in [6.45, 7) is 3.86. The fraction of sp³-hybridized carbons (Fsp3) is 0.500. The number of carbonyl (C=O) groups is 2. The molecular formula is C12H18N2O4. The summed E-state index contributed by atoms with van der Waals surface area (Å²) in [6.07, 6.45) is 6.94. The molecule has 0 saturated heterocycles. The molecule has 1 aliphatic rings. The van der Waals surface area contributed by atoms with Gasteiger partial charge in [-0.2, -0.15) is 0 Å². The summed E-state index contributed by atoms with van der Waals surface area (Å²) in [6, 6.07) is -0.359. The van der Waals surface area contributed by atoms with Crippen LogP contribution in [0.15, 0.2) is 24.3 Å². The third-order valence-corrected chi connectivity index (χ3v) is 2.19. The second-order valence-electron chi connectivity index (χ2n) is 3.48. The molecule has 6 heteroatoms. The third kappa shape index (κ3) is 4.12. The predicted molar refractivity (Wildman–Crippen MR) is 65.7 cm³/mol. The summed E-state index contributed by atoms with van der Waals surface area (Å²) in [5.74, 6) is 0. The molecule has 0 saturated carbocycles. The van der Waals surface area contributed by atoms with Crippen molar-refractivity contribution in [1.82, 2.24) is 10.4 Å². The minimum absolute atomic E-state index is 0.235. The van der Waals surface area contributed by atoms with E-state index in [4.69, 9.17) is 9.47 Å². The van der Waals surface area contributed by atoms with Gasteiger partial charge in [0.1, 0.15) is 0 Å². The Morgan fingerprint density at radius 1 is 1.22 bits per heavy atom. The van der Waals surface area contributed by atoms with E-state index in [1.165, 1.54) is 0 Å². The first-order valence-electron chi connectivity index (χ1n) is 5.91. The Bertz CT molecular complexity index is 340. The number of carbonyl (C=O) groups excluding carboxylic acids is 2. The Balaban J connectivity index is 2.70. The summed E-state index contributed by atoms with van der Waals surface area (Å²) in [7, 11) is 0. The first kappa shape index (κ1) is 14.1. The van der Waals surface area contributed by atoms with Crippen molar-refractivity contribution >= 4 is 12.2 Å². The summed E-state index contributed by atoms with van der Waals surface area (Å²) >= 11 is 0. The van der Waals surface area contributed by atoms with Gasteiger partial charge >= 0.3 is 12.2 Å². The van der Waals surface area contributed by atoms with Crippen molar-refractivity contribution in [2.45, 2.75) is 26.3 Å². The zero-order valence-electron chi connectivity index (χ0n) is 10.6. The summed E-state index contributed by atoms with van der Waals surface area (Å²) in [4.78, 5) is 23.1. The van der Waals surface area contributed by atoms with Gasteiger partial charge in [0, 0.05) is 0 Å². The standard InChI is InChI=1S/C12H18N2O4/c1-3-17-11(15)13-14(12(16)18-4-2)10-8-6-5-7-9-10/h6-10H,3-5H2,1-2H3,(H,13,15). The molecule has 0 heterocycles. The number of amides is 2. The van der Waals surface area contributed by atoms with Gasteiger partial charge in [-0.15, -0.1) is 0 Å². The maximum atomic E-state index is 11.7. The van der Waals surface area contributed by atoms with E-state index in [1.54, 1.807) is 13.8 Å². The summed E-state index contributed by atoms with van der Waals surface area (Å²) < 4.78 is 9.63. The van der Waals surface area contributed by atoms with Gasteiger partial charge in [0.05, 0.1) is 19.3 Å². The smallest absolute Gasteiger partial charge is 0.429 e. The lowest BCUT2D eigenvalue weighted by Gasteiger charge is -2.27. The number of hydrazine groups is 1. The van der Waals surface area contributed by atoms with E-state index in [2.05, 4.69) is 5.43 Å². The van der Waals surface area contributed by atoms with Gasteiger partial charge < -0.3 is 9.47 Å². The molecule has 2 amide bonds. The molecule has 100 valence electrons. The van der Waals surface area contributed by atoms with Gasteiger partial charge in [0.15, 0.2) is 0 Å². The molecule has 0 aromatic heterocycles. The summed E-state index contributed by atoms with van der Waals surface area (Å²) in [5.41, 5.74) is 2.37. The van der Waals surface area contributed by atoms with Crippen LogP contribution in [0.1, 0.15) is 20.3 Å². The van der Waals surface area contributed by atoms with Crippen LogP contribution in [0.3, 0.4) is 0 Å². The van der Waals surface area contributed by atoms with Crippen molar-refractivity contribution in [2.24, 2.45) is 0 Å². The number of hydrogen-bond donors (Lipinski definition) is 1. The van der Waals surface area contributed by atoms with Gasteiger partial charge in [-0.25, -0.2) is 20.0 Å². The van der Waals surface area contributed by atoms with Gasteiger partial charge in [-0.05, 0) is 20.3 Å². The molecule has 18 heavy (non-hydrogen) atoms. The number of allylic oxidation sites excluding steroid dienone is 2. The number of ether oxygens (including phenoxy) is 2. The molecule has 0 fully saturated rings. The summed E-state index contributed by atoms with van der Waals surface area (Å²) in [5, 5.41) is 1.10. The molecule has 0 aliphatic heterocycles. The molecule has 6 nitrogen and oxygen atoms in total. The van der Waals surface area contributed by atoms with E-state index in [9.17, 15) is 9.59 Å². The van der Waals surface area contributed by atoms with Crippen LogP contribution in [0.5, 0.6) is 0 Å². The van der Waals surface area contributed by atoms with Gasteiger partial charge in [0.25, 0.3) is 0 Å². The fourth-order valence-corrected chi connectivity index (χ4v) is 1.45. The fourth-order valence-electron chi connectivity index (χ4n) is 1.45. The number of nitrogens with zero attached hydrogens (tertiary/aromatic N) is 1. The van der Waals surface area contributed by atoms with Crippen molar-refractivity contribution in [1.29, 1.82) is 0 Å². The lowest BCUT2D eigenvalue weighted by molar-refractivity contribution is 0.0699. The predicted octanol–water partition coefficient (Wildman–Crippen LogP) is 1.99. The van der Waals surface area contributed by atoms with Crippen LogP contribution in [0.2, 0.25) is 0 Å². The average Bonchev–Trinajstić information content (AvgIpc) is 2.37. The normalized spacial score (nSPS) is 14.1. The lowest BCUT2D eigenvalue weighted by atomic mass is 10.1. The largest absolute Gasteiger partial charge is 0.449 e. The second-order valence-corrected chi connectivity index (χ2v) is 3.48. The Kier molecular flexibility index (Phi) is 5.76. The van der Waals surface area contributed by atoms with E-state index in [0.29, 0.717) is 0 Å². The van der Waals surface area contributed by atoms with Crippen LogP contribution in [0, 0.1) is 0 Å². The van der Waals surface area contributed by atoms with Crippen molar-refractivity contribution < 1.29 is 19.1 Å². The maximum Gasteiger partial charge on any atom is 0.429 e. The van der Waals surface area contributed by atoms with Crippen LogP contribution in [-0.2, 0) is 9.47 Å². The molecule has 0 radical (unpaired) electrons. The molecule has 1 aliphatic carbocycles. The topological polar surface area (TPSA) is 67.9 Å². The highest BCUT2D eigenvalue weighted by molar-refractivity contribution is 5.74. The van der Waals surface area contributed by atoms with E-state index in [1.807, 2.05) is 24.3 Å². The zero-order chi connectivity index (χ0) is 13.4. The Hall–Kier alpha value is -1.98. The lowest BCUT2D eigenvalue weighted by Crippen LogP contribution is -2.51. The minimum atomic E-state index is -0.682. The minimum Gasteiger partial charge on any atom is -0.449 e. The van der Waals surface area contributed by atoms with Crippen molar-refractivity contribution in [3.63, 3.8) is 0 Å². The van der Waals surface area contributed by atoms with Crippen LogP contribution in [0.25, 0.3) is 0 Å². The van der Waals surface area contributed by atoms with E-state index in [0.717, 1.165) is 11.4 Å². The van der Waals surface area contributed by atoms with Crippen molar-refractivity contribution in [3.05, 3.63) is 24.3 Å². The highest BCUT2D eigenvalue weighted by Gasteiger charge is 2.24. The molecule has 0 aromatic rings. The van der Waals surface area contributed by atoms with Gasteiger partial charge in [-0.3, -0.25) is 0 Å². The number of nitrogens with one attached hydrogen (secondary N) is 1. The number of hydrogen-bond acceptors (Lipinski definition) is 4.